The van der Waals surface area contributed by atoms with Gasteiger partial charge in [0.05, 0.1) is 81.0 Å². The largest absolute Gasteiger partial charge is 0.493 e. The van der Waals surface area contributed by atoms with Crippen LogP contribution >= 0.6 is 31.9 Å². The lowest BCUT2D eigenvalue weighted by Gasteiger charge is -2.15. The van der Waals surface area contributed by atoms with Crippen LogP contribution in [0.1, 0.15) is 62.3 Å². The van der Waals surface area contributed by atoms with Gasteiger partial charge in [0.25, 0.3) is 0 Å². The maximum atomic E-state index is 11.2. The van der Waals surface area contributed by atoms with Crippen molar-refractivity contribution in [2.24, 2.45) is 0 Å². The van der Waals surface area contributed by atoms with Gasteiger partial charge in [0.2, 0.25) is 0 Å². The van der Waals surface area contributed by atoms with E-state index in [-0.39, 0.29) is 12.8 Å². The minimum Gasteiger partial charge on any atom is -0.493 e. The van der Waals surface area contributed by atoms with Crippen LogP contribution in [0.5, 0.6) is 11.5 Å². The number of fused-ring (bicyclic) bond motifs is 8. The Bertz CT molecular complexity index is 2400. The number of hydrogen-bond donors (Lipinski definition) is 4. The first-order valence-electron chi connectivity index (χ1n) is 19.7. The summed E-state index contributed by atoms with van der Waals surface area (Å²) in [6.07, 6.45) is 7.93. The molecule has 0 saturated carbocycles. The second-order valence-corrected chi connectivity index (χ2v) is 15.6. The van der Waals surface area contributed by atoms with Gasteiger partial charge in [-0.25, -0.2) is 9.97 Å². The Morgan fingerprint density at radius 1 is 0.567 bits per heavy atom. The number of carbonyl (C=O) groups is 2. The molecular formula is C46H44Br2N4O8. The number of rotatable bonds is 18. The quantitative estimate of drug-likeness (QED) is 0.0650. The number of benzene rings is 2. The van der Waals surface area contributed by atoms with E-state index in [1.807, 2.05) is 111 Å². The standard InChI is InChI=1S/C46H44Br2N4O8/c1-3-57-31(25-41(53)54)21-23-59-29-9-5-27(6-10-29)43-33-13-17-37(49-33)45(47)39-19-15-35(51-39)44(36-16-20-40(52-36)46(48)38-18-14-34(43)50-38)28-7-11-30(12-8-28)60-24-22-32(58-4-2)26-42(55)56/h5-20,31-32,49,52H,3-4,21-26H2,1-2H3,(H,53,54)(H,55,56). The number of halogens is 2. The zero-order valence-corrected chi connectivity index (χ0v) is 36.2. The first-order chi connectivity index (χ1) is 29.1. The zero-order valence-electron chi connectivity index (χ0n) is 33.0. The van der Waals surface area contributed by atoms with E-state index >= 15 is 0 Å². The Labute approximate surface area is 363 Å². The van der Waals surface area contributed by atoms with Crippen molar-refractivity contribution in [3.63, 3.8) is 0 Å². The Kier molecular flexibility index (Phi) is 14.0. The number of H-pyrrole nitrogens is 2. The number of carboxylic acids is 2. The number of nitrogens with one attached hydrogen (secondary N) is 2. The molecule has 5 aromatic rings. The molecule has 3 aromatic heterocycles. The molecule has 60 heavy (non-hydrogen) atoms. The van der Waals surface area contributed by atoms with Gasteiger partial charge in [-0.1, -0.05) is 24.3 Å². The van der Waals surface area contributed by atoms with E-state index in [4.69, 9.17) is 28.9 Å². The number of aromatic nitrogens is 4. The van der Waals surface area contributed by atoms with Gasteiger partial charge in [0, 0.05) is 48.2 Å². The predicted molar refractivity (Wildman–Crippen MR) is 241 cm³/mol. The van der Waals surface area contributed by atoms with Crippen LogP contribution in [0, 0.1) is 0 Å². The molecule has 4 N–H and O–H groups in total. The SMILES string of the molecule is CCOC(CCOc1ccc(-c2c3nc(c(Br)c4ccc([nH]4)c(-c4ccc(OCCC(CC(=O)O)OCC)cc4)c4nc(c(Br)c5ccc2[nH]5)C=C4)C=C3)cc1)CC(=O)O. The molecular weight excluding hydrogens is 896 g/mol. The van der Waals surface area contributed by atoms with Gasteiger partial charge in [0.1, 0.15) is 11.5 Å². The molecule has 7 rings (SSSR count). The van der Waals surface area contributed by atoms with Crippen LogP contribution in [0.15, 0.2) is 81.7 Å². The molecule has 0 amide bonds. The van der Waals surface area contributed by atoms with Crippen LogP contribution in [0.3, 0.4) is 0 Å². The monoisotopic (exact) mass is 938 g/mol. The minimum atomic E-state index is -0.900. The van der Waals surface area contributed by atoms with Crippen molar-refractivity contribution in [1.29, 1.82) is 0 Å². The lowest BCUT2D eigenvalue weighted by Crippen LogP contribution is -2.20. The molecule has 14 heteroatoms. The van der Waals surface area contributed by atoms with Crippen molar-refractivity contribution in [3.8, 4) is 33.8 Å². The molecule has 0 spiro atoms. The first kappa shape index (κ1) is 42.6. The Morgan fingerprint density at radius 3 is 1.30 bits per heavy atom. The van der Waals surface area contributed by atoms with Crippen molar-refractivity contribution in [2.75, 3.05) is 26.4 Å². The highest BCUT2D eigenvalue weighted by atomic mass is 79.9. The highest BCUT2D eigenvalue weighted by Crippen LogP contribution is 2.37. The van der Waals surface area contributed by atoms with E-state index in [1.54, 1.807) is 0 Å². The molecule has 2 unspecified atom stereocenters. The summed E-state index contributed by atoms with van der Waals surface area (Å²) in [7, 11) is 0. The number of carboxylic acid groups (broad SMARTS) is 2. The number of hydrogen-bond acceptors (Lipinski definition) is 8. The Morgan fingerprint density at radius 2 is 0.933 bits per heavy atom. The molecule has 2 aromatic carbocycles. The van der Waals surface area contributed by atoms with Crippen molar-refractivity contribution in [2.45, 2.75) is 51.7 Å². The van der Waals surface area contributed by atoms with Gasteiger partial charge in [-0.3, -0.25) is 9.59 Å². The molecule has 12 nitrogen and oxygen atoms in total. The molecule has 0 aliphatic carbocycles. The van der Waals surface area contributed by atoms with Crippen LogP contribution in [0.4, 0.5) is 0 Å². The topological polar surface area (TPSA) is 169 Å². The third kappa shape index (κ3) is 10.2. The molecule has 0 radical (unpaired) electrons. The summed E-state index contributed by atoms with van der Waals surface area (Å²) in [4.78, 5) is 39.9. The molecule has 5 heterocycles. The fourth-order valence-corrected chi connectivity index (χ4v) is 8.05. The van der Waals surface area contributed by atoms with Crippen molar-refractivity contribution in [1.82, 2.24) is 19.9 Å². The summed E-state index contributed by atoms with van der Waals surface area (Å²) in [5.74, 6) is -0.474. The van der Waals surface area contributed by atoms with E-state index < -0.39 is 24.1 Å². The number of nitrogens with zero attached hydrogens (tertiary/aromatic N) is 2. The average molecular weight is 941 g/mol. The van der Waals surface area contributed by atoms with Crippen molar-refractivity contribution in [3.05, 3.63) is 105 Å². The predicted octanol–water partition coefficient (Wildman–Crippen LogP) is 10.8. The third-order valence-corrected chi connectivity index (χ3v) is 11.6. The fraction of sp³-hybridized carbons (Fsp3) is 0.261. The number of aliphatic carboxylic acids is 2. The summed E-state index contributed by atoms with van der Waals surface area (Å²) in [5, 5.41) is 18.4. The molecule has 0 saturated heterocycles. The second kappa shape index (κ2) is 19.7. The summed E-state index contributed by atoms with van der Waals surface area (Å²) in [6.45, 7) is 5.21. The maximum Gasteiger partial charge on any atom is 0.305 e. The summed E-state index contributed by atoms with van der Waals surface area (Å²) in [6, 6.07) is 23.7. The summed E-state index contributed by atoms with van der Waals surface area (Å²) >= 11 is 7.69. The molecule has 2 aliphatic heterocycles. The molecule has 2 aliphatic rings. The van der Waals surface area contributed by atoms with Crippen LogP contribution in [-0.2, 0) is 19.1 Å². The lowest BCUT2D eigenvalue weighted by molar-refractivity contribution is -0.141. The lowest BCUT2D eigenvalue weighted by atomic mass is 10.0. The fourth-order valence-electron chi connectivity index (χ4n) is 7.15. The number of aromatic amines is 2. The maximum absolute atomic E-state index is 11.2. The third-order valence-electron chi connectivity index (χ3n) is 9.94. The van der Waals surface area contributed by atoms with Crippen LogP contribution in [0.2, 0.25) is 0 Å². The zero-order chi connectivity index (χ0) is 42.2. The average Bonchev–Trinajstić information content (AvgIpc) is 4.07. The van der Waals surface area contributed by atoms with E-state index in [9.17, 15) is 19.8 Å². The molecule has 2 atom stereocenters. The highest BCUT2D eigenvalue weighted by molar-refractivity contribution is 9.11. The Hall–Kier alpha value is -5.54. The smallest absolute Gasteiger partial charge is 0.305 e. The first-order valence-corrected chi connectivity index (χ1v) is 21.3. The van der Waals surface area contributed by atoms with Gasteiger partial charge in [-0.2, -0.15) is 0 Å². The van der Waals surface area contributed by atoms with E-state index in [2.05, 4.69) is 41.8 Å². The summed E-state index contributed by atoms with van der Waals surface area (Å²) in [5.41, 5.74) is 10.1. The second-order valence-electron chi connectivity index (χ2n) is 14.1. The van der Waals surface area contributed by atoms with Crippen LogP contribution < -0.4 is 9.47 Å². The van der Waals surface area contributed by atoms with Crippen LogP contribution in [0.25, 0.3) is 68.6 Å². The molecule has 8 bridgehead atoms. The normalized spacial score (nSPS) is 13.0. The van der Waals surface area contributed by atoms with E-state index in [0.717, 1.165) is 76.0 Å². The van der Waals surface area contributed by atoms with E-state index in [0.29, 0.717) is 50.8 Å². The molecule has 0 fully saturated rings. The van der Waals surface area contributed by atoms with Crippen LogP contribution in [-0.4, -0.2) is 80.7 Å². The van der Waals surface area contributed by atoms with Crippen molar-refractivity contribution < 1.29 is 38.7 Å². The Balaban J connectivity index is 1.24. The van der Waals surface area contributed by atoms with Gasteiger partial charge in [-0.15, -0.1) is 0 Å². The van der Waals surface area contributed by atoms with E-state index in [1.165, 1.54) is 0 Å². The van der Waals surface area contributed by atoms with Gasteiger partial charge in [-0.05, 0) is 130 Å². The molecule has 310 valence electrons. The van der Waals surface area contributed by atoms with Gasteiger partial charge >= 0.3 is 11.9 Å². The minimum absolute atomic E-state index is 0.0703. The van der Waals surface area contributed by atoms with Gasteiger partial charge in [0.15, 0.2) is 0 Å². The van der Waals surface area contributed by atoms with Gasteiger partial charge < -0.3 is 39.1 Å². The summed E-state index contributed by atoms with van der Waals surface area (Å²) < 4.78 is 24.7. The van der Waals surface area contributed by atoms with Crippen molar-refractivity contribution >= 4 is 90.2 Å². The highest BCUT2D eigenvalue weighted by Gasteiger charge is 2.18. The number of ether oxygens (including phenoxy) is 4.